The number of aliphatic carboxylic acids is 1. The van der Waals surface area contributed by atoms with Crippen molar-refractivity contribution in [1.29, 1.82) is 0 Å². The van der Waals surface area contributed by atoms with E-state index in [1.807, 2.05) is 0 Å². The average Bonchev–Trinajstić information content (AvgIpc) is 2.15. The summed E-state index contributed by atoms with van der Waals surface area (Å²) in [5.41, 5.74) is 0.320. The Balaban J connectivity index is 3.97. The molecule has 94 valence electrons. The van der Waals surface area contributed by atoms with Crippen molar-refractivity contribution in [3.05, 3.63) is 11.6 Å². The van der Waals surface area contributed by atoms with Crippen LogP contribution in [-0.4, -0.2) is 45.2 Å². The van der Waals surface area contributed by atoms with Gasteiger partial charge in [-0.1, -0.05) is 6.08 Å². The third-order valence-electron chi connectivity index (χ3n) is 2.37. The fraction of sp³-hybridized carbons (Fsp3) is 0.727. The van der Waals surface area contributed by atoms with Crippen molar-refractivity contribution in [3.63, 3.8) is 0 Å². The summed E-state index contributed by atoms with van der Waals surface area (Å²) < 4.78 is 0. The summed E-state index contributed by atoms with van der Waals surface area (Å²) in [6.07, 6.45) is 1.55. The summed E-state index contributed by atoms with van der Waals surface area (Å²) in [5.74, 6) is -0.914. The Morgan fingerprint density at radius 2 is 1.81 bits per heavy atom. The maximum Gasteiger partial charge on any atom is 0.330 e. The molecule has 0 bridgehead atoms. The van der Waals surface area contributed by atoms with Crippen LogP contribution in [0.1, 0.15) is 33.6 Å². The van der Waals surface area contributed by atoms with Crippen molar-refractivity contribution < 1.29 is 20.1 Å². The largest absolute Gasteiger partial charge is 0.478 e. The number of aliphatic hydroxyl groups is 2. The summed E-state index contributed by atoms with van der Waals surface area (Å²) in [7, 11) is 0. The second-order valence-corrected chi connectivity index (χ2v) is 3.84. The van der Waals surface area contributed by atoms with E-state index in [1.54, 1.807) is 26.8 Å². The maximum atomic E-state index is 10.5. The Kier molecular flexibility index (Phi) is 6.96. The molecule has 0 amide bonds. The lowest BCUT2D eigenvalue weighted by Crippen LogP contribution is -2.40. The highest BCUT2D eigenvalue weighted by molar-refractivity contribution is 5.85. The topological polar surface area (TPSA) is 81.0 Å². The lowest BCUT2D eigenvalue weighted by Gasteiger charge is -2.27. The van der Waals surface area contributed by atoms with Gasteiger partial charge in [0.1, 0.15) is 12.5 Å². The molecule has 0 saturated carbocycles. The minimum absolute atomic E-state index is 0.320. The molecule has 0 aromatic rings. The van der Waals surface area contributed by atoms with E-state index in [1.165, 1.54) is 4.90 Å². The third kappa shape index (κ3) is 5.85. The molecule has 5 heteroatoms. The van der Waals surface area contributed by atoms with Crippen LogP contribution < -0.4 is 0 Å². The first kappa shape index (κ1) is 15.1. The molecule has 0 aliphatic rings. The lowest BCUT2D eigenvalue weighted by atomic mass is 10.2. The van der Waals surface area contributed by atoms with Gasteiger partial charge in [0.2, 0.25) is 0 Å². The number of hydrogen-bond acceptors (Lipinski definition) is 4. The monoisotopic (exact) mass is 231 g/mol. The number of hydrogen-bond donors (Lipinski definition) is 3. The van der Waals surface area contributed by atoms with Crippen molar-refractivity contribution in [2.24, 2.45) is 0 Å². The Morgan fingerprint density at radius 1 is 1.31 bits per heavy atom. The van der Waals surface area contributed by atoms with Crippen molar-refractivity contribution >= 4 is 5.97 Å². The van der Waals surface area contributed by atoms with Gasteiger partial charge in [-0.05, 0) is 33.6 Å². The van der Waals surface area contributed by atoms with E-state index >= 15 is 0 Å². The highest BCUT2D eigenvalue weighted by Crippen LogP contribution is 2.05. The van der Waals surface area contributed by atoms with E-state index in [-0.39, 0.29) is 0 Å². The van der Waals surface area contributed by atoms with Gasteiger partial charge in [-0.2, -0.15) is 0 Å². The van der Waals surface area contributed by atoms with Crippen molar-refractivity contribution in [2.75, 3.05) is 6.54 Å². The Labute approximate surface area is 96.0 Å². The predicted molar refractivity (Wildman–Crippen MR) is 60.7 cm³/mol. The molecule has 0 fully saturated rings. The first-order valence-electron chi connectivity index (χ1n) is 5.38. The number of carboxylic acid groups (broad SMARTS) is 1. The zero-order valence-corrected chi connectivity index (χ0v) is 10.1. The summed E-state index contributed by atoms with van der Waals surface area (Å²) >= 11 is 0. The molecule has 0 saturated heterocycles. The number of allylic oxidation sites excluding steroid dienone is 1. The molecule has 0 aliphatic carbocycles. The van der Waals surface area contributed by atoms with Gasteiger partial charge in [0, 0.05) is 12.1 Å². The van der Waals surface area contributed by atoms with Gasteiger partial charge in [-0.3, -0.25) is 4.90 Å². The second-order valence-electron chi connectivity index (χ2n) is 3.84. The van der Waals surface area contributed by atoms with Crippen LogP contribution >= 0.6 is 0 Å². The van der Waals surface area contributed by atoms with Gasteiger partial charge in [-0.25, -0.2) is 4.79 Å². The van der Waals surface area contributed by atoms with Crippen molar-refractivity contribution in [1.82, 2.24) is 4.90 Å². The van der Waals surface area contributed by atoms with E-state index in [0.29, 0.717) is 25.0 Å². The third-order valence-corrected chi connectivity index (χ3v) is 2.37. The summed E-state index contributed by atoms with van der Waals surface area (Å²) in [6, 6.07) is 0. The van der Waals surface area contributed by atoms with Crippen LogP contribution in [0, 0.1) is 0 Å². The molecule has 0 heterocycles. The first-order valence-corrected chi connectivity index (χ1v) is 5.38. The van der Waals surface area contributed by atoms with Gasteiger partial charge in [0.05, 0.1) is 0 Å². The molecule has 2 atom stereocenters. The standard InChI is InChI=1S/C11H21NO4/c1-8(11(15)16)6-4-5-7-12(9(2)13)10(3)14/h6,9-10,13-14H,4-5,7H2,1-3H3,(H,15,16). The molecule has 0 radical (unpaired) electrons. The highest BCUT2D eigenvalue weighted by Gasteiger charge is 2.14. The van der Waals surface area contributed by atoms with E-state index in [2.05, 4.69) is 0 Å². The molecule has 2 unspecified atom stereocenters. The minimum atomic E-state index is -0.914. The van der Waals surface area contributed by atoms with Crippen LogP contribution in [0.3, 0.4) is 0 Å². The predicted octanol–water partition coefficient (Wildman–Crippen LogP) is 0.776. The quantitative estimate of drug-likeness (QED) is 0.342. The van der Waals surface area contributed by atoms with E-state index in [0.717, 1.165) is 0 Å². The number of nitrogens with zero attached hydrogens (tertiary/aromatic N) is 1. The average molecular weight is 231 g/mol. The van der Waals surface area contributed by atoms with E-state index in [4.69, 9.17) is 5.11 Å². The lowest BCUT2D eigenvalue weighted by molar-refractivity contribution is -0.132. The van der Waals surface area contributed by atoms with Crippen molar-refractivity contribution in [2.45, 2.75) is 46.1 Å². The molecule has 0 rings (SSSR count). The number of carboxylic acids is 1. The van der Waals surface area contributed by atoms with Gasteiger partial charge in [0.25, 0.3) is 0 Å². The van der Waals surface area contributed by atoms with Crippen LogP contribution in [0.4, 0.5) is 0 Å². The zero-order valence-electron chi connectivity index (χ0n) is 10.1. The number of rotatable bonds is 7. The Hall–Kier alpha value is -0.910. The molecular weight excluding hydrogens is 210 g/mol. The van der Waals surface area contributed by atoms with Crippen LogP contribution in [0.2, 0.25) is 0 Å². The van der Waals surface area contributed by atoms with Crippen LogP contribution in [0.15, 0.2) is 11.6 Å². The van der Waals surface area contributed by atoms with Crippen LogP contribution in [-0.2, 0) is 4.79 Å². The molecule has 5 nitrogen and oxygen atoms in total. The van der Waals surface area contributed by atoms with E-state index in [9.17, 15) is 15.0 Å². The molecular formula is C11H21NO4. The smallest absolute Gasteiger partial charge is 0.330 e. The summed E-state index contributed by atoms with van der Waals surface area (Å²) in [5, 5.41) is 27.3. The molecule has 16 heavy (non-hydrogen) atoms. The number of aliphatic hydroxyl groups excluding tert-OH is 2. The maximum absolute atomic E-state index is 10.5. The van der Waals surface area contributed by atoms with Crippen molar-refractivity contribution in [3.8, 4) is 0 Å². The zero-order chi connectivity index (χ0) is 12.7. The molecule has 0 aliphatic heterocycles. The van der Waals surface area contributed by atoms with Gasteiger partial charge in [0.15, 0.2) is 0 Å². The van der Waals surface area contributed by atoms with Gasteiger partial charge < -0.3 is 15.3 Å². The van der Waals surface area contributed by atoms with Crippen LogP contribution in [0.25, 0.3) is 0 Å². The fourth-order valence-corrected chi connectivity index (χ4v) is 1.37. The van der Waals surface area contributed by atoms with Gasteiger partial charge >= 0.3 is 5.97 Å². The first-order chi connectivity index (χ1) is 7.36. The number of carbonyl (C=O) groups is 1. The molecule has 0 spiro atoms. The number of unbranched alkanes of at least 4 members (excludes halogenated alkanes) is 1. The SMILES string of the molecule is CC(=CCCCN(C(C)O)C(C)O)C(=O)O. The van der Waals surface area contributed by atoms with E-state index < -0.39 is 18.4 Å². The van der Waals surface area contributed by atoms with Gasteiger partial charge in [-0.15, -0.1) is 0 Å². The normalized spacial score (nSPS) is 16.2. The summed E-state index contributed by atoms with van der Waals surface area (Å²) in [6.45, 7) is 5.25. The minimum Gasteiger partial charge on any atom is -0.478 e. The highest BCUT2D eigenvalue weighted by atomic mass is 16.4. The molecule has 0 aromatic heterocycles. The Bertz CT molecular complexity index is 240. The second kappa shape index (κ2) is 7.38. The molecule has 3 N–H and O–H groups in total. The fourth-order valence-electron chi connectivity index (χ4n) is 1.37. The van der Waals surface area contributed by atoms with Crippen LogP contribution in [0.5, 0.6) is 0 Å². The Morgan fingerprint density at radius 3 is 2.19 bits per heavy atom. The molecule has 0 aromatic carbocycles. The summed E-state index contributed by atoms with van der Waals surface area (Å²) in [4.78, 5) is 12.0.